The van der Waals surface area contributed by atoms with Crippen molar-refractivity contribution >= 4 is 36.8 Å². The van der Waals surface area contributed by atoms with Gasteiger partial charge in [-0.1, -0.05) is 33.4 Å². The number of hydrogen-bond donors (Lipinski definition) is 0. The van der Waals surface area contributed by atoms with Crippen molar-refractivity contribution in [2.75, 3.05) is 0 Å². The van der Waals surface area contributed by atoms with Crippen LogP contribution < -0.4 is 21.2 Å². The first-order valence-corrected chi connectivity index (χ1v) is 14.8. The van der Waals surface area contributed by atoms with Gasteiger partial charge in [0.2, 0.25) is 10.6 Å². The van der Waals surface area contributed by atoms with Gasteiger partial charge in [-0.05, 0) is 136 Å². The van der Waals surface area contributed by atoms with E-state index in [0.29, 0.717) is 0 Å². The highest BCUT2D eigenvalue weighted by Crippen LogP contribution is 2.37. The van der Waals surface area contributed by atoms with Crippen LogP contribution in [0.3, 0.4) is 0 Å². The lowest BCUT2D eigenvalue weighted by molar-refractivity contribution is 0.597. The minimum absolute atomic E-state index is 0.810. The van der Waals surface area contributed by atoms with E-state index in [9.17, 15) is 9.13 Å². The second kappa shape index (κ2) is 10.2. The Morgan fingerprint density at radius 2 is 0.667 bits per heavy atom. The molecule has 182 valence electrons. The van der Waals surface area contributed by atoms with Crippen LogP contribution in [0.5, 0.6) is 0 Å². The zero-order valence-electron chi connectivity index (χ0n) is 22.5. The van der Waals surface area contributed by atoms with Gasteiger partial charge >= 0.3 is 15.6 Å². The SMILES string of the molecule is Cc1cc(C)cc([P+](=O)c2cc(C)cc(C)c2-c2c(C)cc(C)cc2[P+](=O)c2cc(C)cc(C)c2)c1. The van der Waals surface area contributed by atoms with Crippen LogP contribution in [-0.4, -0.2) is 0 Å². The highest BCUT2D eigenvalue weighted by Gasteiger charge is 2.36. The average molecular weight is 513 g/mol. The number of aryl methyl sites for hydroxylation is 8. The Bertz CT molecular complexity index is 1390. The first kappa shape index (κ1) is 26.2. The molecular weight excluding hydrogens is 478 g/mol. The molecule has 4 rings (SSSR count). The van der Waals surface area contributed by atoms with Crippen LogP contribution in [0.1, 0.15) is 44.5 Å². The van der Waals surface area contributed by atoms with Crippen molar-refractivity contribution in [2.45, 2.75) is 55.4 Å². The molecule has 4 aromatic rings. The number of hydrogen-bond acceptors (Lipinski definition) is 2. The molecule has 0 bridgehead atoms. The maximum Gasteiger partial charge on any atom is 0.415 e. The summed E-state index contributed by atoms with van der Waals surface area (Å²) in [7, 11) is -3.68. The predicted molar refractivity (Wildman–Crippen MR) is 156 cm³/mol. The average Bonchev–Trinajstić information content (AvgIpc) is 2.76. The molecule has 2 atom stereocenters. The molecular formula is C32H34O2P2+2. The third-order valence-electron chi connectivity index (χ3n) is 6.49. The standard InChI is InChI=1S/C32H34O2P2/c1-19-9-20(2)14-27(13-19)35(33)29-17-23(5)11-25(7)31(29)32-26(8)12-24(6)18-30(32)36(34)28-15-21(3)10-22(4)16-28/h9-18H,1-8H3/q+2. The zero-order chi connectivity index (χ0) is 26.3. The van der Waals surface area contributed by atoms with Crippen LogP contribution in [-0.2, 0) is 9.13 Å². The quantitative estimate of drug-likeness (QED) is 0.262. The molecule has 0 heterocycles. The summed E-state index contributed by atoms with van der Waals surface area (Å²) in [6.07, 6.45) is 0. The Labute approximate surface area is 217 Å². The summed E-state index contributed by atoms with van der Waals surface area (Å²) in [5, 5.41) is 3.28. The van der Waals surface area contributed by atoms with Gasteiger partial charge in [0, 0.05) is 11.1 Å². The van der Waals surface area contributed by atoms with Gasteiger partial charge in [-0.25, -0.2) is 0 Å². The van der Waals surface area contributed by atoms with Crippen LogP contribution in [0.15, 0.2) is 60.7 Å². The lowest BCUT2D eigenvalue weighted by Gasteiger charge is -2.13. The van der Waals surface area contributed by atoms with E-state index in [2.05, 4.69) is 38.1 Å². The molecule has 4 aromatic carbocycles. The van der Waals surface area contributed by atoms with Crippen molar-refractivity contribution in [3.63, 3.8) is 0 Å². The largest absolute Gasteiger partial charge is 0.415 e. The summed E-state index contributed by atoms with van der Waals surface area (Å²) in [4.78, 5) is 0. The second-order valence-corrected chi connectivity index (χ2v) is 13.4. The fraction of sp³-hybridized carbons (Fsp3) is 0.250. The fourth-order valence-corrected chi connectivity index (χ4v) is 8.74. The lowest BCUT2D eigenvalue weighted by Crippen LogP contribution is -2.18. The van der Waals surface area contributed by atoms with Gasteiger partial charge < -0.3 is 0 Å². The molecule has 0 aliphatic heterocycles. The first-order chi connectivity index (χ1) is 16.9. The minimum Gasteiger partial charge on any atom is -0.0612 e. The normalized spacial score (nSPS) is 12.0. The number of rotatable bonds is 5. The third-order valence-corrected chi connectivity index (χ3v) is 9.52. The summed E-state index contributed by atoms with van der Waals surface area (Å²) in [5.74, 6) is 0. The zero-order valence-corrected chi connectivity index (χ0v) is 24.3. The molecule has 0 amide bonds. The summed E-state index contributed by atoms with van der Waals surface area (Å²) < 4.78 is 28.3. The van der Waals surface area contributed by atoms with E-state index < -0.39 is 15.6 Å². The smallest absolute Gasteiger partial charge is 0.0612 e. The Balaban J connectivity index is 2.01. The number of benzene rings is 4. The molecule has 4 heteroatoms. The molecule has 36 heavy (non-hydrogen) atoms. The van der Waals surface area contributed by atoms with Crippen LogP contribution in [0.4, 0.5) is 0 Å². The predicted octanol–water partition coefficient (Wildman–Crippen LogP) is 7.38. The van der Waals surface area contributed by atoms with E-state index in [0.717, 1.165) is 76.9 Å². The van der Waals surface area contributed by atoms with Gasteiger partial charge in [0.1, 0.15) is 0 Å². The second-order valence-electron chi connectivity index (χ2n) is 10.2. The topological polar surface area (TPSA) is 34.1 Å². The maximum absolute atomic E-state index is 14.1. The van der Waals surface area contributed by atoms with E-state index >= 15 is 0 Å². The van der Waals surface area contributed by atoms with E-state index in [4.69, 9.17) is 0 Å². The van der Waals surface area contributed by atoms with Crippen molar-refractivity contribution in [3.8, 4) is 11.1 Å². The van der Waals surface area contributed by atoms with Crippen molar-refractivity contribution in [2.24, 2.45) is 0 Å². The highest BCUT2D eigenvalue weighted by molar-refractivity contribution is 7.62. The molecule has 2 nitrogen and oxygen atoms in total. The van der Waals surface area contributed by atoms with E-state index in [1.54, 1.807) is 0 Å². The van der Waals surface area contributed by atoms with Crippen LogP contribution in [0.2, 0.25) is 0 Å². The first-order valence-electron chi connectivity index (χ1n) is 12.3. The summed E-state index contributed by atoms with van der Waals surface area (Å²) in [5.41, 5.74) is 10.5. The molecule has 0 N–H and O–H groups in total. The Kier molecular flexibility index (Phi) is 7.42. The molecule has 0 saturated heterocycles. The minimum atomic E-state index is -1.84. The van der Waals surface area contributed by atoms with Crippen LogP contribution in [0.25, 0.3) is 11.1 Å². The highest BCUT2D eigenvalue weighted by atomic mass is 31.1. The Morgan fingerprint density at radius 3 is 0.972 bits per heavy atom. The van der Waals surface area contributed by atoms with E-state index in [1.807, 2.05) is 77.9 Å². The lowest BCUT2D eigenvalue weighted by atomic mass is 9.94. The molecule has 0 radical (unpaired) electrons. The fourth-order valence-electron chi connectivity index (χ4n) is 5.28. The third kappa shape index (κ3) is 5.27. The van der Waals surface area contributed by atoms with E-state index in [-0.39, 0.29) is 0 Å². The molecule has 0 fully saturated rings. The molecule has 0 aliphatic carbocycles. The Hall–Kier alpha value is -2.92. The molecule has 0 saturated carbocycles. The molecule has 0 aliphatic rings. The van der Waals surface area contributed by atoms with Gasteiger partial charge in [-0.15, -0.1) is 0 Å². The maximum atomic E-state index is 14.1. The van der Waals surface area contributed by atoms with Crippen LogP contribution in [0, 0.1) is 55.4 Å². The van der Waals surface area contributed by atoms with Gasteiger partial charge in [-0.3, -0.25) is 0 Å². The van der Waals surface area contributed by atoms with Gasteiger partial charge in [0.25, 0.3) is 0 Å². The molecule has 0 spiro atoms. The van der Waals surface area contributed by atoms with Gasteiger partial charge in [-0.2, -0.15) is 0 Å². The molecule has 2 unspecified atom stereocenters. The van der Waals surface area contributed by atoms with Gasteiger partial charge in [0.05, 0.1) is 0 Å². The summed E-state index contributed by atoms with van der Waals surface area (Å²) >= 11 is 0. The monoisotopic (exact) mass is 512 g/mol. The van der Waals surface area contributed by atoms with Crippen molar-refractivity contribution < 1.29 is 9.13 Å². The van der Waals surface area contributed by atoms with Crippen molar-refractivity contribution in [1.82, 2.24) is 0 Å². The summed E-state index contributed by atoms with van der Waals surface area (Å²) in [6, 6.07) is 20.7. The van der Waals surface area contributed by atoms with Crippen molar-refractivity contribution in [1.29, 1.82) is 0 Å². The van der Waals surface area contributed by atoms with Crippen molar-refractivity contribution in [3.05, 3.63) is 105 Å². The summed E-state index contributed by atoms with van der Waals surface area (Å²) in [6.45, 7) is 16.4. The van der Waals surface area contributed by atoms with E-state index in [1.165, 1.54) is 0 Å². The molecule has 0 aromatic heterocycles. The Morgan fingerprint density at radius 1 is 0.389 bits per heavy atom. The van der Waals surface area contributed by atoms with Crippen LogP contribution >= 0.6 is 15.6 Å². The van der Waals surface area contributed by atoms with Gasteiger partial charge in [0.15, 0.2) is 10.6 Å².